The summed E-state index contributed by atoms with van der Waals surface area (Å²) in [6.45, 7) is 5.85. The number of nitrogens with zero attached hydrogens (tertiary/aromatic N) is 2. The first-order valence-corrected chi connectivity index (χ1v) is 10.7. The number of unbranched alkanes of at least 4 members (excludes halogenated alkanes) is 1. The van der Waals surface area contributed by atoms with E-state index in [1.165, 1.54) is 6.07 Å². The molecule has 0 radical (unpaired) electrons. The fraction of sp³-hybridized carbons (Fsp3) is 0.478. The molecule has 0 spiro atoms. The van der Waals surface area contributed by atoms with Gasteiger partial charge in [0.25, 0.3) is 0 Å². The summed E-state index contributed by atoms with van der Waals surface area (Å²) in [4.78, 5) is 28.4. The van der Waals surface area contributed by atoms with Gasteiger partial charge in [0.05, 0.1) is 12.1 Å². The molecule has 0 saturated carbocycles. The molecular formula is C23H30FN3O3. The highest BCUT2D eigenvalue weighted by atomic mass is 19.1. The molecule has 3 rings (SSSR count). The molecule has 1 aromatic heterocycles. The van der Waals surface area contributed by atoms with Crippen molar-refractivity contribution >= 4 is 11.8 Å². The molecule has 1 aliphatic heterocycles. The molecule has 2 aromatic rings. The molecule has 2 amide bonds. The van der Waals surface area contributed by atoms with Crippen molar-refractivity contribution < 1.29 is 18.4 Å². The minimum Gasteiger partial charge on any atom is -0.461 e. The van der Waals surface area contributed by atoms with Crippen molar-refractivity contribution in [2.45, 2.75) is 32.6 Å². The maximum absolute atomic E-state index is 13.9. The third-order valence-corrected chi connectivity index (χ3v) is 5.33. The van der Waals surface area contributed by atoms with Gasteiger partial charge in [-0.15, -0.1) is 0 Å². The van der Waals surface area contributed by atoms with Crippen LogP contribution in [0.2, 0.25) is 0 Å². The van der Waals surface area contributed by atoms with E-state index >= 15 is 0 Å². The Labute approximate surface area is 177 Å². The molecule has 2 heterocycles. The standard InChI is InChI=1S/C23H30FN3O3/c1-2-3-12-25-22(28)17-26-13-15-27(16-14-26)23(29)11-9-18-8-10-21(30-18)19-6-4-5-7-20(19)24/h4-8,10H,2-3,9,11-17H2,1H3,(H,25,28). The van der Waals surface area contributed by atoms with Crippen molar-refractivity contribution in [3.05, 3.63) is 48.0 Å². The fourth-order valence-electron chi connectivity index (χ4n) is 3.53. The number of aryl methyl sites for hydroxylation is 1. The predicted octanol–water partition coefficient (Wildman–Crippen LogP) is 3.08. The van der Waals surface area contributed by atoms with Crippen LogP contribution in [0.1, 0.15) is 31.9 Å². The molecular weight excluding hydrogens is 385 g/mol. The quantitative estimate of drug-likeness (QED) is 0.640. The van der Waals surface area contributed by atoms with Crippen LogP contribution in [-0.2, 0) is 16.0 Å². The van der Waals surface area contributed by atoms with Gasteiger partial charge in [-0.3, -0.25) is 14.5 Å². The predicted molar refractivity (Wildman–Crippen MR) is 113 cm³/mol. The van der Waals surface area contributed by atoms with Crippen molar-refractivity contribution in [3.63, 3.8) is 0 Å². The van der Waals surface area contributed by atoms with E-state index < -0.39 is 0 Å². The molecule has 1 N–H and O–H groups in total. The first-order chi connectivity index (χ1) is 14.6. The molecule has 1 aliphatic rings. The van der Waals surface area contributed by atoms with Gasteiger partial charge in [0.2, 0.25) is 11.8 Å². The number of rotatable bonds is 9. The first kappa shape index (κ1) is 22.0. The smallest absolute Gasteiger partial charge is 0.234 e. The number of piperazine rings is 1. The zero-order chi connectivity index (χ0) is 21.3. The Morgan fingerprint density at radius 1 is 1.10 bits per heavy atom. The Balaban J connectivity index is 1.40. The summed E-state index contributed by atoms with van der Waals surface area (Å²) in [5.41, 5.74) is 0.421. The summed E-state index contributed by atoms with van der Waals surface area (Å²) in [6, 6.07) is 10.0. The fourth-order valence-corrected chi connectivity index (χ4v) is 3.53. The summed E-state index contributed by atoms with van der Waals surface area (Å²) in [6.07, 6.45) is 2.88. The number of amides is 2. The van der Waals surface area contributed by atoms with Gasteiger partial charge in [-0.25, -0.2) is 4.39 Å². The van der Waals surface area contributed by atoms with E-state index in [4.69, 9.17) is 4.42 Å². The molecule has 0 aliphatic carbocycles. The summed E-state index contributed by atoms with van der Waals surface area (Å²) < 4.78 is 19.6. The molecule has 0 unspecified atom stereocenters. The van der Waals surface area contributed by atoms with Crippen LogP contribution in [0.4, 0.5) is 4.39 Å². The number of hydrogen-bond donors (Lipinski definition) is 1. The topological polar surface area (TPSA) is 65.8 Å². The van der Waals surface area contributed by atoms with Crippen molar-refractivity contribution in [3.8, 4) is 11.3 Å². The monoisotopic (exact) mass is 415 g/mol. The van der Waals surface area contributed by atoms with Crippen LogP contribution in [0, 0.1) is 5.82 Å². The number of halogens is 1. The minimum atomic E-state index is -0.327. The molecule has 0 bridgehead atoms. The van der Waals surface area contributed by atoms with Gasteiger partial charge in [0.1, 0.15) is 17.3 Å². The van der Waals surface area contributed by atoms with Gasteiger partial charge < -0.3 is 14.6 Å². The molecule has 30 heavy (non-hydrogen) atoms. The van der Waals surface area contributed by atoms with Gasteiger partial charge >= 0.3 is 0 Å². The maximum atomic E-state index is 13.9. The van der Waals surface area contributed by atoms with E-state index in [9.17, 15) is 14.0 Å². The van der Waals surface area contributed by atoms with Crippen LogP contribution < -0.4 is 5.32 Å². The third-order valence-electron chi connectivity index (χ3n) is 5.33. The normalized spacial score (nSPS) is 14.7. The second-order valence-electron chi connectivity index (χ2n) is 7.61. The minimum absolute atomic E-state index is 0.0479. The zero-order valence-electron chi connectivity index (χ0n) is 17.5. The second kappa shape index (κ2) is 10.9. The lowest BCUT2D eigenvalue weighted by Gasteiger charge is -2.34. The van der Waals surface area contributed by atoms with E-state index in [-0.39, 0.29) is 17.6 Å². The zero-order valence-corrected chi connectivity index (χ0v) is 17.5. The second-order valence-corrected chi connectivity index (χ2v) is 7.61. The highest BCUT2D eigenvalue weighted by molar-refractivity contribution is 5.78. The highest BCUT2D eigenvalue weighted by Gasteiger charge is 2.22. The summed E-state index contributed by atoms with van der Waals surface area (Å²) in [5.74, 6) is 0.939. The van der Waals surface area contributed by atoms with Crippen LogP contribution in [0.15, 0.2) is 40.8 Å². The molecule has 7 heteroatoms. The lowest BCUT2D eigenvalue weighted by molar-refractivity contribution is -0.133. The van der Waals surface area contributed by atoms with Gasteiger partial charge in [0, 0.05) is 45.6 Å². The average molecular weight is 416 g/mol. The molecule has 162 valence electrons. The van der Waals surface area contributed by atoms with Crippen LogP contribution in [0.3, 0.4) is 0 Å². The Bertz CT molecular complexity index is 844. The molecule has 1 fully saturated rings. The highest BCUT2D eigenvalue weighted by Crippen LogP contribution is 2.25. The largest absolute Gasteiger partial charge is 0.461 e. The van der Waals surface area contributed by atoms with Crippen LogP contribution in [-0.4, -0.2) is 60.9 Å². The van der Waals surface area contributed by atoms with E-state index in [2.05, 4.69) is 17.1 Å². The first-order valence-electron chi connectivity index (χ1n) is 10.7. The van der Waals surface area contributed by atoms with Crippen LogP contribution in [0.5, 0.6) is 0 Å². The summed E-state index contributed by atoms with van der Waals surface area (Å²) in [5, 5.41) is 2.93. The number of carbonyl (C=O) groups excluding carboxylic acids is 2. The number of nitrogens with one attached hydrogen (secondary N) is 1. The lowest BCUT2D eigenvalue weighted by atomic mass is 10.1. The summed E-state index contributed by atoms with van der Waals surface area (Å²) in [7, 11) is 0. The Kier molecular flexibility index (Phi) is 8.02. The molecule has 6 nitrogen and oxygen atoms in total. The third kappa shape index (κ3) is 6.16. The Morgan fingerprint density at radius 3 is 2.60 bits per heavy atom. The van der Waals surface area contributed by atoms with E-state index in [1.807, 2.05) is 4.90 Å². The van der Waals surface area contributed by atoms with E-state index in [1.54, 1.807) is 30.3 Å². The van der Waals surface area contributed by atoms with Gasteiger partial charge in [-0.1, -0.05) is 25.5 Å². The number of carbonyl (C=O) groups is 2. The average Bonchev–Trinajstić information content (AvgIpc) is 3.22. The van der Waals surface area contributed by atoms with Crippen molar-refractivity contribution in [2.75, 3.05) is 39.3 Å². The van der Waals surface area contributed by atoms with Crippen molar-refractivity contribution in [1.82, 2.24) is 15.1 Å². The molecule has 1 aromatic carbocycles. The van der Waals surface area contributed by atoms with E-state index in [0.29, 0.717) is 62.6 Å². The molecule has 0 atom stereocenters. The van der Waals surface area contributed by atoms with Gasteiger partial charge in [-0.05, 0) is 30.7 Å². The number of furan rings is 1. The SMILES string of the molecule is CCCCNC(=O)CN1CCN(C(=O)CCc2ccc(-c3ccccc3F)o2)CC1. The number of hydrogen-bond acceptors (Lipinski definition) is 4. The van der Waals surface area contributed by atoms with E-state index in [0.717, 1.165) is 19.4 Å². The van der Waals surface area contributed by atoms with Crippen molar-refractivity contribution in [1.29, 1.82) is 0 Å². The maximum Gasteiger partial charge on any atom is 0.234 e. The molecule has 1 saturated heterocycles. The van der Waals surface area contributed by atoms with Gasteiger partial charge in [-0.2, -0.15) is 0 Å². The van der Waals surface area contributed by atoms with Crippen LogP contribution in [0.25, 0.3) is 11.3 Å². The van der Waals surface area contributed by atoms with Crippen LogP contribution >= 0.6 is 0 Å². The Morgan fingerprint density at radius 2 is 1.87 bits per heavy atom. The summed E-state index contributed by atoms with van der Waals surface area (Å²) >= 11 is 0. The lowest BCUT2D eigenvalue weighted by Crippen LogP contribution is -2.51. The van der Waals surface area contributed by atoms with Crippen molar-refractivity contribution in [2.24, 2.45) is 0 Å². The van der Waals surface area contributed by atoms with Gasteiger partial charge in [0.15, 0.2) is 0 Å². The number of benzene rings is 1. The Hall–Kier alpha value is -2.67.